The second kappa shape index (κ2) is 8.74. The first-order chi connectivity index (χ1) is 15.4. The van der Waals surface area contributed by atoms with Crippen LogP contribution in [0.25, 0.3) is 0 Å². The van der Waals surface area contributed by atoms with Gasteiger partial charge in [0.2, 0.25) is 0 Å². The van der Waals surface area contributed by atoms with Crippen LogP contribution in [0, 0.1) is 11.3 Å². The van der Waals surface area contributed by atoms with E-state index in [9.17, 15) is 22.8 Å². The van der Waals surface area contributed by atoms with E-state index in [1.165, 1.54) is 17.0 Å². The van der Waals surface area contributed by atoms with E-state index in [0.29, 0.717) is 11.8 Å². The van der Waals surface area contributed by atoms with Gasteiger partial charge in [-0.1, -0.05) is 6.07 Å². The third-order valence-corrected chi connectivity index (χ3v) is 5.38. The van der Waals surface area contributed by atoms with Crippen LogP contribution in [-0.4, -0.2) is 44.0 Å². The number of ether oxygens (including phenoxy) is 1. The first-order valence-corrected chi connectivity index (χ1v) is 10.1. The van der Waals surface area contributed by atoms with Gasteiger partial charge < -0.3 is 9.64 Å². The molecule has 0 unspecified atom stereocenters. The fourth-order valence-electron chi connectivity index (χ4n) is 3.26. The molecule has 3 heterocycles. The third kappa shape index (κ3) is 4.49. The average Bonchev–Trinajstić information content (AvgIpc) is 2.92. The van der Waals surface area contributed by atoms with Gasteiger partial charge in [-0.3, -0.25) is 9.69 Å². The Kier molecular flexibility index (Phi) is 6.37. The van der Waals surface area contributed by atoms with Crippen molar-refractivity contribution < 1.29 is 27.5 Å². The van der Waals surface area contributed by atoms with Gasteiger partial charge in [-0.05, 0) is 51.2 Å². The molecule has 0 bridgehead atoms. The maximum atomic E-state index is 13.4. The van der Waals surface area contributed by atoms with Crippen molar-refractivity contribution >= 4 is 34.9 Å². The number of aromatic nitrogens is 2. The minimum Gasteiger partial charge on any atom is -0.461 e. The first kappa shape index (κ1) is 24.1. The van der Waals surface area contributed by atoms with Crippen LogP contribution in [0.5, 0.6) is 0 Å². The summed E-state index contributed by atoms with van der Waals surface area (Å²) in [6.07, 6.45) is -3.84. The van der Waals surface area contributed by atoms with E-state index in [1.54, 1.807) is 32.9 Å². The second-order valence-electron chi connectivity index (χ2n) is 7.50. The molecular weight excluding hydrogens is 459 g/mol. The van der Waals surface area contributed by atoms with Crippen LogP contribution in [-0.2, 0) is 22.3 Å². The van der Waals surface area contributed by atoms with Gasteiger partial charge in [-0.15, -0.1) is 0 Å². The highest BCUT2D eigenvalue weighted by atomic mass is 32.1. The summed E-state index contributed by atoms with van der Waals surface area (Å²) in [5, 5.41) is 8.90. The van der Waals surface area contributed by atoms with Crippen LogP contribution in [0.4, 0.5) is 18.9 Å². The van der Waals surface area contributed by atoms with E-state index >= 15 is 0 Å². The second-order valence-corrected chi connectivity index (χ2v) is 7.87. The standard InChI is InChI=1S/C21H18F3N5O3S/c1-4-32-17(30)15-7-5-6-12(27-15)11-28-19(33)29(18(31)20(28,2)3)13-8-14(21(22,23)24)16(9-25)26-10-13/h5-8,10H,4,11H2,1-3H3. The maximum absolute atomic E-state index is 13.4. The molecule has 0 aliphatic carbocycles. The summed E-state index contributed by atoms with van der Waals surface area (Å²) < 4.78 is 45.1. The predicted octanol–water partition coefficient (Wildman–Crippen LogP) is 3.46. The molecule has 1 amide bonds. The summed E-state index contributed by atoms with van der Waals surface area (Å²) in [7, 11) is 0. The fraction of sp³-hybridized carbons (Fsp3) is 0.333. The van der Waals surface area contributed by atoms with Crippen LogP contribution in [0.15, 0.2) is 30.5 Å². The average molecular weight is 477 g/mol. The lowest BCUT2D eigenvalue weighted by molar-refractivity contribution is -0.138. The Balaban J connectivity index is 1.97. The summed E-state index contributed by atoms with van der Waals surface area (Å²) in [5.74, 6) is -1.18. The van der Waals surface area contributed by atoms with E-state index in [0.717, 1.165) is 11.1 Å². The minimum atomic E-state index is -4.84. The van der Waals surface area contributed by atoms with Crippen molar-refractivity contribution in [1.82, 2.24) is 14.9 Å². The molecule has 8 nitrogen and oxygen atoms in total. The van der Waals surface area contributed by atoms with E-state index in [-0.39, 0.29) is 29.6 Å². The van der Waals surface area contributed by atoms with E-state index < -0.39 is 34.8 Å². The summed E-state index contributed by atoms with van der Waals surface area (Å²) in [6.45, 7) is 4.99. The molecule has 2 aromatic heterocycles. The van der Waals surface area contributed by atoms with Crippen molar-refractivity contribution in [2.45, 2.75) is 39.0 Å². The molecule has 0 saturated carbocycles. The lowest BCUT2D eigenvalue weighted by atomic mass is 10.0. The number of hydrogen-bond acceptors (Lipinski definition) is 7. The molecule has 33 heavy (non-hydrogen) atoms. The Hall–Kier alpha value is -3.59. The Labute approximate surface area is 192 Å². The van der Waals surface area contributed by atoms with Crippen molar-refractivity contribution in [3.8, 4) is 6.07 Å². The smallest absolute Gasteiger partial charge is 0.419 e. The number of nitriles is 1. The number of rotatable bonds is 5. The number of anilines is 1. The monoisotopic (exact) mass is 477 g/mol. The van der Waals surface area contributed by atoms with Crippen molar-refractivity contribution in [2.24, 2.45) is 0 Å². The zero-order valence-electron chi connectivity index (χ0n) is 17.8. The molecule has 172 valence electrons. The number of hydrogen-bond donors (Lipinski definition) is 0. The summed E-state index contributed by atoms with van der Waals surface area (Å²) in [6, 6.07) is 6.78. The van der Waals surface area contributed by atoms with Crippen molar-refractivity contribution in [2.75, 3.05) is 11.5 Å². The Bertz CT molecular complexity index is 1180. The van der Waals surface area contributed by atoms with Gasteiger partial charge in [0.25, 0.3) is 5.91 Å². The van der Waals surface area contributed by atoms with Crippen LogP contribution < -0.4 is 4.90 Å². The van der Waals surface area contributed by atoms with Crippen molar-refractivity contribution in [3.05, 3.63) is 53.1 Å². The molecule has 0 N–H and O–H groups in total. The number of amides is 1. The first-order valence-electron chi connectivity index (χ1n) is 9.68. The molecule has 3 rings (SSSR count). The van der Waals surface area contributed by atoms with Crippen LogP contribution in [0.2, 0.25) is 0 Å². The number of alkyl halides is 3. The molecule has 0 radical (unpaired) electrons. The highest BCUT2D eigenvalue weighted by Gasteiger charge is 2.50. The van der Waals surface area contributed by atoms with Crippen LogP contribution in [0.3, 0.4) is 0 Å². The van der Waals surface area contributed by atoms with E-state index in [1.807, 2.05) is 0 Å². The molecule has 1 saturated heterocycles. The van der Waals surface area contributed by atoms with Gasteiger partial charge in [0.05, 0.1) is 36.3 Å². The van der Waals surface area contributed by atoms with E-state index in [2.05, 4.69) is 9.97 Å². The molecule has 1 aliphatic rings. The number of carbonyl (C=O) groups excluding carboxylic acids is 2. The van der Waals surface area contributed by atoms with Crippen LogP contribution in [0.1, 0.15) is 48.2 Å². The topological polar surface area (TPSA) is 99.4 Å². The number of esters is 1. The highest BCUT2D eigenvalue weighted by Crippen LogP contribution is 2.37. The minimum absolute atomic E-state index is 0.0111. The Morgan fingerprint density at radius 1 is 1.33 bits per heavy atom. The van der Waals surface area contributed by atoms with Gasteiger partial charge in [-0.2, -0.15) is 18.4 Å². The van der Waals surface area contributed by atoms with Gasteiger partial charge in [-0.25, -0.2) is 14.8 Å². The molecule has 1 aliphatic heterocycles. The summed E-state index contributed by atoms with van der Waals surface area (Å²) in [4.78, 5) is 35.4. The SMILES string of the molecule is CCOC(=O)c1cccc(CN2C(=S)N(c3cnc(C#N)c(C(F)(F)F)c3)C(=O)C2(C)C)n1. The number of thiocarbonyl (C=S) groups is 1. The maximum Gasteiger partial charge on any atom is 0.419 e. The molecule has 0 spiro atoms. The molecule has 2 aromatic rings. The predicted molar refractivity (Wildman–Crippen MR) is 114 cm³/mol. The Morgan fingerprint density at radius 2 is 2.03 bits per heavy atom. The number of pyridine rings is 2. The zero-order valence-corrected chi connectivity index (χ0v) is 18.6. The zero-order chi connectivity index (χ0) is 24.6. The van der Waals surface area contributed by atoms with E-state index in [4.69, 9.17) is 22.2 Å². The normalized spacial score (nSPS) is 15.5. The molecular formula is C21H18F3N5O3S. The number of carbonyl (C=O) groups is 2. The van der Waals surface area contributed by atoms with Gasteiger partial charge >= 0.3 is 12.1 Å². The number of halogens is 3. The molecule has 1 fully saturated rings. The molecule has 0 atom stereocenters. The summed E-state index contributed by atoms with van der Waals surface area (Å²) in [5.41, 5.74) is -3.03. The third-order valence-electron chi connectivity index (χ3n) is 4.98. The van der Waals surface area contributed by atoms with Gasteiger partial charge in [0.15, 0.2) is 10.8 Å². The fourth-order valence-corrected chi connectivity index (χ4v) is 3.74. The summed E-state index contributed by atoms with van der Waals surface area (Å²) >= 11 is 5.43. The van der Waals surface area contributed by atoms with Gasteiger partial charge in [0.1, 0.15) is 17.3 Å². The van der Waals surface area contributed by atoms with Crippen LogP contribution >= 0.6 is 12.2 Å². The quantitative estimate of drug-likeness (QED) is 0.477. The van der Waals surface area contributed by atoms with Crippen molar-refractivity contribution in [1.29, 1.82) is 5.26 Å². The number of nitrogens with zero attached hydrogens (tertiary/aromatic N) is 5. The lowest BCUT2D eigenvalue weighted by Crippen LogP contribution is -2.43. The van der Waals surface area contributed by atoms with Gasteiger partial charge in [0, 0.05) is 0 Å². The lowest BCUT2D eigenvalue weighted by Gasteiger charge is -2.29. The largest absolute Gasteiger partial charge is 0.461 e. The molecule has 12 heteroatoms. The molecule has 0 aromatic carbocycles. The van der Waals surface area contributed by atoms with Crippen molar-refractivity contribution in [3.63, 3.8) is 0 Å². The Morgan fingerprint density at radius 3 is 2.64 bits per heavy atom. The highest BCUT2D eigenvalue weighted by molar-refractivity contribution is 7.80.